The summed E-state index contributed by atoms with van der Waals surface area (Å²) in [4.78, 5) is 37.1. The van der Waals surface area contributed by atoms with Crippen LogP contribution in [0.3, 0.4) is 0 Å². The van der Waals surface area contributed by atoms with Gasteiger partial charge in [-0.3, -0.25) is 9.59 Å². The van der Waals surface area contributed by atoms with Gasteiger partial charge < -0.3 is 9.90 Å². The smallest absolute Gasteiger partial charge is 0.298 e. The Kier molecular flexibility index (Phi) is 5.04. The van der Waals surface area contributed by atoms with Gasteiger partial charge in [0.2, 0.25) is 0 Å². The summed E-state index contributed by atoms with van der Waals surface area (Å²) in [6.07, 6.45) is 3.56. The molecule has 5 nitrogen and oxygen atoms in total. The molecule has 0 aliphatic carbocycles. The number of hydrogen-bond donors (Lipinski definition) is 0. The van der Waals surface area contributed by atoms with Crippen molar-refractivity contribution in [3.05, 3.63) is 82.3 Å². The van der Waals surface area contributed by atoms with Gasteiger partial charge in [-0.15, -0.1) is 0 Å². The lowest BCUT2D eigenvalue weighted by Crippen LogP contribution is -2.28. The maximum atomic E-state index is 12.6. The Balaban J connectivity index is 1.88. The van der Waals surface area contributed by atoms with Crippen molar-refractivity contribution in [2.24, 2.45) is 0 Å². The minimum absolute atomic E-state index is 0.0920. The highest BCUT2D eigenvalue weighted by atomic mass is 32.2. The van der Waals surface area contributed by atoms with Gasteiger partial charge in [0.05, 0.1) is 16.6 Å². The lowest BCUT2D eigenvalue weighted by atomic mass is 10.1. The van der Waals surface area contributed by atoms with Crippen molar-refractivity contribution in [3.63, 3.8) is 0 Å². The number of carbonyl (C=O) groups is 3. The van der Waals surface area contributed by atoms with Crippen molar-refractivity contribution >= 4 is 40.6 Å². The molecule has 0 bridgehead atoms. The van der Waals surface area contributed by atoms with E-state index in [1.165, 1.54) is 24.3 Å². The molecule has 1 aliphatic rings. The summed E-state index contributed by atoms with van der Waals surface area (Å²) >= 11 is 0.824. The van der Waals surface area contributed by atoms with E-state index in [1.54, 1.807) is 6.08 Å². The van der Waals surface area contributed by atoms with Crippen LogP contribution in [0.2, 0.25) is 0 Å². The summed E-state index contributed by atoms with van der Waals surface area (Å²) in [6.45, 7) is 1.84. The second-order valence-electron chi connectivity index (χ2n) is 5.65. The van der Waals surface area contributed by atoms with Crippen LogP contribution in [0.1, 0.15) is 22.8 Å². The zero-order valence-corrected chi connectivity index (χ0v) is 14.7. The number of anilines is 1. The normalized spacial score (nSPS) is 16.4. The van der Waals surface area contributed by atoms with Crippen LogP contribution in [0.25, 0.3) is 6.08 Å². The second-order valence-corrected chi connectivity index (χ2v) is 6.65. The Morgan fingerprint density at radius 1 is 1.08 bits per heavy atom. The predicted molar refractivity (Wildman–Crippen MR) is 99.4 cm³/mol. The van der Waals surface area contributed by atoms with E-state index in [0.29, 0.717) is 4.91 Å². The monoisotopic (exact) mass is 364 g/mol. The number of carboxylic acids is 1. The Labute approximate surface area is 154 Å². The molecule has 6 heteroatoms. The minimum Gasteiger partial charge on any atom is -0.545 e. The molecule has 0 unspecified atom stereocenters. The number of rotatable bonds is 4. The van der Waals surface area contributed by atoms with E-state index < -0.39 is 17.1 Å². The molecule has 2 amide bonds. The van der Waals surface area contributed by atoms with Crippen LogP contribution in [-0.2, 0) is 4.79 Å². The van der Waals surface area contributed by atoms with Gasteiger partial charge in [0.25, 0.3) is 11.1 Å². The number of imide groups is 1. The molecule has 0 saturated carbocycles. The largest absolute Gasteiger partial charge is 0.545 e. The molecule has 1 saturated heterocycles. The number of amides is 2. The van der Waals surface area contributed by atoms with Crippen molar-refractivity contribution in [1.82, 2.24) is 0 Å². The molecule has 1 aliphatic heterocycles. The molecule has 0 N–H and O–H groups in total. The number of thioether (sulfide) groups is 1. The van der Waals surface area contributed by atoms with Crippen molar-refractivity contribution in [2.45, 2.75) is 6.92 Å². The number of hydrogen-bond acceptors (Lipinski definition) is 5. The molecule has 1 heterocycles. The van der Waals surface area contributed by atoms with E-state index in [0.717, 1.165) is 27.8 Å². The second kappa shape index (κ2) is 7.41. The Morgan fingerprint density at radius 3 is 2.50 bits per heavy atom. The molecule has 3 rings (SSSR count). The third-order valence-electron chi connectivity index (χ3n) is 3.69. The third kappa shape index (κ3) is 3.75. The summed E-state index contributed by atoms with van der Waals surface area (Å²) in [5.41, 5.74) is 1.93. The van der Waals surface area contributed by atoms with Gasteiger partial charge >= 0.3 is 0 Å². The lowest BCUT2D eigenvalue weighted by Gasteiger charge is -2.14. The van der Waals surface area contributed by atoms with Crippen molar-refractivity contribution in [2.75, 3.05) is 4.90 Å². The number of benzene rings is 2. The molecule has 2 aromatic carbocycles. The zero-order chi connectivity index (χ0) is 18.7. The quantitative estimate of drug-likeness (QED) is 0.779. The van der Waals surface area contributed by atoms with Gasteiger partial charge in [-0.25, -0.2) is 4.90 Å². The number of allylic oxidation sites excluding steroid dienone is 2. The highest BCUT2D eigenvalue weighted by molar-refractivity contribution is 8.18. The van der Waals surface area contributed by atoms with Crippen LogP contribution < -0.4 is 10.0 Å². The van der Waals surface area contributed by atoms with Crippen LogP contribution in [0.5, 0.6) is 0 Å². The Bertz CT molecular complexity index is 947. The van der Waals surface area contributed by atoms with Crippen molar-refractivity contribution in [3.8, 4) is 0 Å². The van der Waals surface area contributed by atoms with Crippen molar-refractivity contribution < 1.29 is 19.5 Å². The van der Waals surface area contributed by atoms with Crippen LogP contribution >= 0.6 is 11.8 Å². The zero-order valence-electron chi connectivity index (χ0n) is 13.8. The number of carbonyl (C=O) groups excluding carboxylic acids is 3. The Morgan fingerprint density at radius 2 is 1.81 bits per heavy atom. The molecule has 0 atom stereocenters. The van der Waals surface area contributed by atoms with E-state index in [9.17, 15) is 19.5 Å². The third-order valence-corrected chi connectivity index (χ3v) is 4.56. The van der Waals surface area contributed by atoms with Gasteiger partial charge in [0, 0.05) is 0 Å². The fourth-order valence-electron chi connectivity index (χ4n) is 2.52. The maximum Gasteiger partial charge on any atom is 0.298 e. The SMILES string of the molecule is CC(=C\c1ccccc1)/C=C1/SC(=O)N(c2cccc(C(=O)[O-])c2)C1=O. The number of carboxylic acid groups (broad SMARTS) is 1. The first-order valence-electron chi connectivity index (χ1n) is 7.78. The van der Waals surface area contributed by atoms with Gasteiger partial charge in [-0.05, 0) is 53.6 Å². The fraction of sp³-hybridized carbons (Fsp3) is 0.0500. The number of aromatic carboxylic acids is 1. The molecular weight excluding hydrogens is 350 g/mol. The highest BCUT2D eigenvalue weighted by Crippen LogP contribution is 2.35. The Hall–Kier alpha value is -3.12. The molecular formula is C20H14NO4S-. The molecule has 130 valence electrons. The first-order chi connectivity index (χ1) is 12.5. The topological polar surface area (TPSA) is 77.5 Å². The van der Waals surface area contributed by atoms with Gasteiger partial charge in [-0.2, -0.15) is 0 Å². The van der Waals surface area contributed by atoms with Gasteiger partial charge in [0.1, 0.15) is 0 Å². The minimum atomic E-state index is -1.36. The highest BCUT2D eigenvalue weighted by Gasteiger charge is 2.36. The van der Waals surface area contributed by atoms with Gasteiger partial charge in [0.15, 0.2) is 0 Å². The summed E-state index contributed by atoms with van der Waals surface area (Å²) in [5.74, 6) is -1.84. The average Bonchev–Trinajstić information content (AvgIpc) is 2.89. The van der Waals surface area contributed by atoms with Gasteiger partial charge in [-0.1, -0.05) is 48.5 Å². The van der Waals surface area contributed by atoms with Crippen LogP contribution in [0.4, 0.5) is 10.5 Å². The predicted octanol–water partition coefficient (Wildman–Crippen LogP) is 3.24. The molecule has 0 aromatic heterocycles. The maximum absolute atomic E-state index is 12.6. The molecule has 26 heavy (non-hydrogen) atoms. The van der Waals surface area contributed by atoms with E-state index >= 15 is 0 Å². The van der Waals surface area contributed by atoms with E-state index in [-0.39, 0.29) is 11.3 Å². The summed E-state index contributed by atoms with van der Waals surface area (Å²) in [5, 5.41) is 10.5. The van der Waals surface area contributed by atoms with Crippen LogP contribution in [-0.4, -0.2) is 17.1 Å². The average molecular weight is 364 g/mol. The number of nitrogens with zero attached hydrogens (tertiary/aromatic N) is 1. The van der Waals surface area contributed by atoms with Crippen LogP contribution in [0, 0.1) is 0 Å². The lowest BCUT2D eigenvalue weighted by molar-refractivity contribution is -0.255. The van der Waals surface area contributed by atoms with E-state index in [2.05, 4.69) is 0 Å². The van der Waals surface area contributed by atoms with Crippen molar-refractivity contribution in [1.29, 1.82) is 0 Å². The summed E-state index contributed by atoms with van der Waals surface area (Å²) in [6, 6.07) is 15.2. The summed E-state index contributed by atoms with van der Waals surface area (Å²) in [7, 11) is 0. The first-order valence-corrected chi connectivity index (χ1v) is 8.60. The first kappa shape index (κ1) is 17.7. The summed E-state index contributed by atoms with van der Waals surface area (Å²) < 4.78 is 0. The van der Waals surface area contributed by atoms with E-state index in [4.69, 9.17) is 0 Å². The molecule has 0 spiro atoms. The molecule has 1 fully saturated rings. The molecule has 0 radical (unpaired) electrons. The molecule has 2 aromatic rings. The standard InChI is InChI=1S/C20H15NO4S/c1-13(10-14-6-3-2-4-7-14)11-17-18(22)21(20(25)26-17)16-9-5-8-15(12-16)19(23)24/h2-12H,1H3,(H,23,24)/p-1/b13-10+,17-11+. The van der Waals surface area contributed by atoms with E-state index in [1.807, 2.05) is 43.3 Å². The fourth-order valence-corrected chi connectivity index (χ4v) is 3.41. The van der Waals surface area contributed by atoms with Crippen LogP contribution in [0.15, 0.2) is 71.2 Å².